The molecule has 1 heterocycles. The predicted octanol–water partition coefficient (Wildman–Crippen LogP) is 4.06. The van der Waals surface area contributed by atoms with E-state index >= 15 is 0 Å². The molecule has 2 N–H and O–H groups in total. The Bertz CT molecular complexity index is 721. The van der Waals surface area contributed by atoms with Crippen molar-refractivity contribution in [1.82, 2.24) is 0 Å². The van der Waals surface area contributed by atoms with Gasteiger partial charge in [0.2, 0.25) is 0 Å². The molecule has 108 valence electrons. The fourth-order valence-corrected chi connectivity index (χ4v) is 2.77. The second-order valence-electron chi connectivity index (χ2n) is 4.30. The highest BCUT2D eigenvalue weighted by atomic mass is 35.5. The predicted molar refractivity (Wildman–Crippen MR) is 85.1 cm³/mol. The normalized spacial score (nSPS) is 10.8. The number of thiophene rings is 1. The second kappa shape index (κ2) is 6.56. The van der Waals surface area contributed by atoms with Gasteiger partial charge in [0.05, 0.1) is 5.02 Å². The van der Waals surface area contributed by atoms with Crippen LogP contribution in [0, 0.1) is 6.92 Å². The molecule has 0 bridgehead atoms. The highest BCUT2D eigenvalue weighted by Gasteiger charge is 2.12. The molecular weight excluding hydrogens is 310 g/mol. The first-order chi connectivity index (χ1) is 9.97. The van der Waals surface area contributed by atoms with E-state index in [-0.39, 0.29) is 5.91 Å². The molecule has 6 heteroatoms. The molecule has 0 aliphatic carbocycles. The molecule has 0 saturated heterocycles. The number of amides is 1. The number of rotatable bonds is 4. The number of carbonyl (C=O) groups excluding carboxylic acids is 1. The maximum atomic E-state index is 12.1. The molecule has 0 aliphatic rings. The standard InChI is InChI=1S/C15H12ClNO3S/c1-9-8-10(3-5-13(18)19)2-4-12(9)17-15(20)14-11(16)6-7-21-14/h2-8H,1H3,(H,17,20)(H,18,19)/b5-3+. The quantitative estimate of drug-likeness (QED) is 0.834. The lowest BCUT2D eigenvalue weighted by atomic mass is 10.1. The topological polar surface area (TPSA) is 66.4 Å². The van der Waals surface area contributed by atoms with Crippen LogP contribution in [0.3, 0.4) is 0 Å². The van der Waals surface area contributed by atoms with Crippen LogP contribution in [-0.4, -0.2) is 17.0 Å². The number of anilines is 1. The lowest BCUT2D eigenvalue weighted by Gasteiger charge is -2.08. The van der Waals surface area contributed by atoms with E-state index in [2.05, 4.69) is 5.32 Å². The lowest BCUT2D eigenvalue weighted by Crippen LogP contribution is -2.11. The van der Waals surface area contributed by atoms with Gasteiger partial charge in [0, 0.05) is 11.8 Å². The fraction of sp³-hybridized carbons (Fsp3) is 0.0667. The third-order valence-corrected chi connectivity index (χ3v) is 4.08. The average Bonchev–Trinajstić information content (AvgIpc) is 2.85. The summed E-state index contributed by atoms with van der Waals surface area (Å²) < 4.78 is 0. The van der Waals surface area contributed by atoms with Gasteiger partial charge in [0.1, 0.15) is 4.88 Å². The van der Waals surface area contributed by atoms with Gasteiger partial charge in [-0.15, -0.1) is 11.3 Å². The first-order valence-corrected chi connectivity index (χ1v) is 7.29. The van der Waals surface area contributed by atoms with Crippen molar-refractivity contribution in [2.24, 2.45) is 0 Å². The van der Waals surface area contributed by atoms with Gasteiger partial charge in [0.15, 0.2) is 0 Å². The number of carboxylic acid groups (broad SMARTS) is 1. The van der Waals surface area contributed by atoms with Gasteiger partial charge >= 0.3 is 5.97 Å². The SMILES string of the molecule is Cc1cc(/C=C/C(=O)O)ccc1NC(=O)c1sccc1Cl. The van der Waals surface area contributed by atoms with Crippen molar-refractivity contribution in [3.8, 4) is 0 Å². The molecule has 0 saturated carbocycles. The average molecular weight is 322 g/mol. The van der Waals surface area contributed by atoms with Gasteiger partial charge in [-0.25, -0.2) is 4.79 Å². The molecule has 0 spiro atoms. The van der Waals surface area contributed by atoms with Gasteiger partial charge in [-0.3, -0.25) is 4.79 Å². The smallest absolute Gasteiger partial charge is 0.328 e. The van der Waals surface area contributed by atoms with Gasteiger partial charge < -0.3 is 10.4 Å². The van der Waals surface area contributed by atoms with Crippen molar-refractivity contribution in [2.75, 3.05) is 5.32 Å². The number of hydrogen-bond donors (Lipinski definition) is 2. The molecule has 4 nitrogen and oxygen atoms in total. The third kappa shape index (κ3) is 3.93. The highest BCUT2D eigenvalue weighted by molar-refractivity contribution is 7.12. The van der Waals surface area contributed by atoms with E-state index in [0.717, 1.165) is 17.2 Å². The Balaban J connectivity index is 2.16. The van der Waals surface area contributed by atoms with Gasteiger partial charge in [-0.2, -0.15) is 0 Å². The van der Waals surface area contributed by atoms with E-state index in [9.17, 15) is 9.59 Å². The van der Waals surface area contributed by atoms with Gasteiger partial charge in [-0.1, -0.05) is 17.7 Å². The number of aliphatic carboxylic acids is 1. The lowest BCUT2D eigenvalue weighted by molar-refractivity contribution is -0.131. The number of carboxylic acids is 1. The van der Waals surface area contributed by atoms with E-state index in [1.165, 1.54) is 17.4 Å². The molecule has 0 unspecified atom stereocenters. The highest BCUT2D eigenvalue weighted by Crippen LogP contribution is 2.24. The Morgan fingerprint density at radius 1 is 1.33 bits per heavy atom. The monoisotopic (exact) mass is 321 g/mol. The van der Waals surface area contributed by atoms with Crippen molar-refractivity contribution in [2.45, 2.75) is 6.92 Å². The zero-order chi connectivity index (χ0) is 15.4. The molecule has 0 radical (unpaired) electrons. The van der Waals surface area contributed by atoms with Crippen molar-refractivity contribution < 1.29 is 14.7 Å². The zero-order valence-corrected chi connectivity index (χ0v) is 12.7. The molecule has 2 aromatic rings. The van der Waals surface area contributed by atoms with Crippen LogP contribution in [0.15, 0.2) is 35.7 Å². The largest absolute Gasteiger partial charge is 0.478 e. The van der Waals surface area contributed by atoms with Crippen LogP contribution in [0.5, 0.6) is 0 Å². The Hall–Kier alpha value is -2.11. The summed E-state index contributed by atoms with van der Waals surface area (Å²) in [6.07, 6.45) is 2.57. The second-order valence-corrected chi connectivity index (χ2v) is 5.62. The Morgan fingerprint density at radius 2 is 2.10 bits per heavy atom. The summed E-state index contributed by atoms with van der Waals surface area (Å²) >= 11 is 7.20. The van der Waals surface area contributed by atoms with Gasteiger partial charge in [0.25, 0.3) is 5.91 Å². The van der Waals surface area contributed by atoms with Gasteiger partial charge in [-0.05, 0) is 47.7 Å². The van der Waals surface area contributed by atoms with Crippen molar-refractivity contribution >= 4 is 46.6 Å². The summed E-state index contributed by atoms with van der Waals surface area (Å²) in [7, 11) is 0. The summed E-state index contributed by atoms with van der Waals surface area (Å²) in [5.41, 5.74) is 2.25. The molecule has 1 amide bonds. The van der Waals surface area contributed by atoms with Crippen molar-refractivity contribution in [1.29, 1.82) is 0 Å². The number of aryl methyl sites for hydroxylation is 1. The van der Waals surface area contributed by atoms with E-state index in [1.807, 2.05) is 6.92 Å². The van der Waals surface area contributed by atoms with Crippen LogP contribution >= 0.6 is 22.9 Å². The molecule has 0 aliphatic heterocycles. The summed E-state index contributed by atoms with van der Waals surface area (Å²) in [5, 5.41) is 13.6. The van der Waals surface area contributed by atoms with E-state index in [1.54, 1.807) is 29.6 Å². The Labute approximate surface area is 130 Å². The summed E-state index contributed by atoms with van der Waals surface area (Å²) in [6.45, 7) is 1.84. The number of benzene rings is 1. The molecule has 21 heavy (non-hydrogen) atoms. The minimum Gasteiger partial charge on any atom is -0.478 e. The third-order valence-electron chi connectivity index (χ3n) is 2.74. The van der Waals surface area contributed by atoms with E-state index < -0.39 is 5.97 Å². The minimum atomic E-state index is -1.00. The van der Waals surface area contributed by atoms with Crippen LogP contribution in [0.1, 0.15) is 20.8 Å². The van der Waals surface area contributed by atoms with E-state index in [0.29, 0.717) is 15.6 Å². The maximum Gasteiger partial charge on any atom is 0.328 e. The number of hydrogen-bond acceptors (Lipinski definition) is 3. The van der Waals surface area contributed by atoms with Crippen molar-refractivity contribution in [3.05, 3.63) is 56.7 Å². The van der Waals surface area contributed by atoms with Crippen LogP contribution in [0.25, 0.3) is 6.08 Å². The van der Waals surface area contributed by atoms with Crippen molar-refractivity contribution in [3.63, 3.8) is 0 Å². The van der Waals surface area contributed by atoms with E-state index in [4.69, 9.17) is 16.7 Å². The molecule has 1 aromatic heterocycles. The Kier molecular flexibility index (Phi) is 4.77. The van der Waals surface area contributed by atoms with Crippen LogP contribution < -0.4 is 5.32 Å². The molecule has 2 rings (SSSR count). The van der Waals surface area contributed by atoms with Crippen LogP contribution in [0.2, 0.25) is 5.02 Å². The minimum absolute atomic E-state index is 0.257. The summed E-state index contributed by atoms with van der Waals surface area (Å²) in [5.74, 6) is -1.26. The number of nitrogens with one attached hydrogen (secondary N) is 1. The first kappa shape index (κ1) is 15.3. The summed E-state index contributed by atoms with van der Waals surface area (Å²) in [4.78, 5) is 23.0. The molecular formula is C15H12ClNO3S. The Morgan fingerprint density at radius 3 is 2.67 bits per heavy atom. The number of carbonyl (C=O) groups is 2. The zero-order valence-electron chi connectivity index (χ0n) is 11.1. The van der Waals surface area contributed by atoms with Crippen LogP contribution in [0.4, 0.5) is 5.69 Å². The fourth-order valence-electron chi connectivity index (χ4n) is 1.73. The molecule has 1 aromatic carbocycles. The molecule has 0 fully saturated rings. The number of halogens is 1. The molecule has 0 atom stereocenters. The first-order valence-electron chi connectivity index (χ1n) is 6.03. The maximum absolute atomic E-state index is 12.1. The van der Waals surface area contributed by atoms with Crippen LogP contribution in [-0.2, 0) is 4.79 Å². The summed E-state index contributed by atoms with van der Waals surface area (Å²) in [6, 6.07) is 6.94.